The van der Waals surface area contributed by atoms with Gasteiger partial charge in [0, 0.05) is 6.54 Å². The highest BCUT2D eigenvalue weighted by Gasteiger charge is 2.43. The Labute approximate surface area is 183 Å². The first kappa shape index (κ1) is 24.3. The lowest BCUT2D eigenvalue weighted by atomic mass is 10.1. The predicted molar refractivity (Wildman–Crippen MR) is 111 cm³/mol. The summed E-state index contributed by atoms with van der Waals surface area (Å²) in [7, 11) is -3.58. The highest BCUT2D eigenvalue weighted by atomic mass is 31.2. The van der Waals surface area contributed by atoms with E-state index in [2.05, 4.69) is 0 Å². The second-order valence-electron chi connectivity index (χ2n) is 7.27. The molecule has 174 valence electrons. The first-order chi connectivity index (χ1) is 15.2. The summed E-state index contributed by atoms with van der Waals surface area (Å²) in [6, 6.07) is 9.61. The van der Waals surface area contributed by atoms with Crippen molar-refractivity contribution in [1.29, 1.82) is 0 Å². The number of carbonyl (C=O) groups is 1. The van der Waals surface area contributed by atoms with E-state index in [1.807, 2.05) is 6.92 Å². The van der Waals surface area contributed by atoms with Crippen molar-refractivity contribution in [2.45, 2.75) is 38.4 Å². The van der Waals surface area contributed by atoms with E-state index in [0.29, 0.717) is 36.9 Å². The number of halogens is 3. The molecule has 0 spiro atoms. The van der Waals surface area contributed by atoms with Crippen LogP contribution in [0.15, 0.2) is 48.5 Å². The van der Waals surface area contributed by atoms with Crippen LogP contribution in [0, 0.1) is 0 Å². The number of hydrogen-bond donors (Lipinski definition) is 2. The highest BCUT2D eigenvalue weighted by Crippen LogP contribution is 2.54. The van der Waals surface area contributed by atoms with Gasteiger partial charge in [0.25, 0.3) is 5.91 Å². The predicted octanol–water partition coefficient (Wildman–Crippen LogP) is 4.71. The molecule has 2 atom stereocenters. The summed E-state index contributed by atoms with van der Waals surface area (Å²) in [5.41, 5.74) is 0.862. The van der Waals surface area contributed by atoms with Gasteiger partial charge < -0.3 is 9.26 Å². The number of amides is 1. The van der Waals surface area contributed by atoms with Gasteiger partial charge in [-0.25, -0.2) is 10.2 Å². The van der Waals surface area contributed by atoms with E-state index in [1.165, 1.54) is 28.9 Å². The summed E-state index contributed by atoms with van der Waals surface area (Å²) in [6.45, 7) is 2.50. The molecule has 1 fully saturated rings. The van der Waals surface area contributed by atoms with Crippen LogP contribution in [-0.2, 0) is 20.1 Å². The van der Waals surface area contributed by atoms with E-state index in [9.17, 15) is 22.5 Å². The Morgan fingerprint density at radius 2 is 1.78 bits per heavy atom. The molecule has 0 aliphatic carbocycles. The van der Waals surface area contributed by atoms with Crippen LogP contribution >= 0.6 is 7.52 Å². The molecule has 1 aliphatic rings. The molecule has 1 unspecified atom stereocenters. The molecule has 0 saturated carbocycles. The van der Waals surface area contributed by atoms with E-state index in [4.69, 9.17) is 14.5 Å². The van der Waals surface area contributed by atoms with Crippen molar-refractivity contribution in [2.75, 3.05) is 13.2 Å². The van der Waals surface area contributed by atoms with E-state index in [0.717, 1.165) is 12.1 Å². The molecule has 2 N–H and O–H groups in total. The maximum Gasteiger partial charge on any atom is 0.416 e. The normalized spacial score (nSPS) is 20.5. The lowest BCUT2D eigenvalue weighted by Gasteiger charge is -2.39. The average molecular weight is 472 g/mol. The third kappa shape index (κ3) is 5.32. The third-order valence-corrected chi connectivity index (χ3v) is 7.69. The number of benzene rings is 2. The topological polar surface area (TPSA) is 88.1 Å². The number of alkyl halides is 3. The maximum atomic E-state index is 13.8. The van der Waals surface area contributed by atoms with E-state index in [1.54, 1.807) is 17.6 Å². The number of hydroxylamine groups is 1. The minimum atomic E-state index is -4.43. The van der Waals surface area contributed by atoms with Crippen molar-refractivity contribution < 1.29 is 37.0 Å². The Morgan fingerprint density at radius 3 is 2.31 bits per heavy atom. The van der Waals surface area contributed by atoms with Crippen LogP contribution in [-0.4, -0.2) is 35.0 Å². The van der Waals surface area contributed by atoms with Gasteiger partial charge in [-0.3, -0.25) is 14.6 Å². The zero-order valence-electron chi connectivity index (χ0n) is 17.3. The molecule has 0 radical (unpaired) electrons. The van der Waals surface area contributed by atoms with E-state index < -0.39 is 31.2 Å². The van der Waals surface area contributed by atoms with Crippen LogP contribution in [0.5, 0.6) is 11.5 Å². The smallest absolute Gasteiger partial charge is 0.416 e. The van der Waals surface area contributed by atoms with Crippen LogP contribution in [0.2, 0.25) is 0 Å². The quantitative estimate of drug-likeness (QED) is 0.345. The van der Waals surface area contributed by atoms with Gasteiger partial charge in [0.05, 0.1) is 23.5 Å². The summed E-state index contributed by atoms with van der Waals surface area (Å²) in [5, 5.41) is 9.46. The van der Waals surface area contributed by atoms with Gasteiger partial charge in [-0.1, -0.05) is 13.3 Å². The molecule has 1 saturated heterocycles. The molecule has 3 rings (SSSR count). The molecule has 7 nitrogen and oxygen atoms in total. The lowest BCUT2D eigenvalue weighted by Crippen LogP contribution is -2.48. The molecule has 2 aromatic carbocycles. The number of ether oxygens (including phenoxy) is 1. The number of carbonyl (C=O) groups excluding carboxylic acids is 1. The molecule has 32 heavy (non-hydrogen) atoms. The van der Waals surface area contributed by atoms with E-state index in [-0.39, 0.29) is 12.4 Å². The van der Waals surface area contributed by atoms with Gasteiger partial charge in [-0.15, -0.1) is 0 Å². The zero-order chi connectivity index (χ0) is 23.4. The van der Waals surface area contributed by atoms with Gasteiger partial charge >= 0.3 is 13.7 Å². The fraction of sp³-hybridized carbons (Fsp3) is 0.381. The van der Waals surface area contributed by atoms with Crippen molar-refractivity contribution in [3.8, 4) is 11.5 Å². The second-order valence-corrected chi connectivity index (χ2v) is 9.60. The van der Waals surface area contributed by atoms with Crippen molar-refractivity contribution in [3.05, 3.63) is 54.1 Å². The largest absolute Gasteiger partial charge is 0.457 e. The van der Waals surface area contributed by atoms with Gasteiger partial charge in [0.2, 0.25) is 0 Å². The fourth-order valence-corrected chi connectivity index (χ4v) is 5.99. The van der Waals surface area contributed by atoms with Gasteiger partial charge in [0.15, 0.2) is 0 Å². The van der Waals surface area contributed by atoms with Crippen molar-refractivity contribution in [3.63, 3.8) is 0 Å². The maximum absolute atomic E-state index is 13.8. The van der Waals surface area contributed by atoms with Gasteiger partial charge in [0.1, 0.15) is 11.5 Å². The van der Waals surface area contributed by atoms with Crippen LogP contribution in [0.25, 0.3) is 0 Å². The molecule has 1 aliphatic heterocycles. The number of hydrogen-bond acceptors (Lipinski definition) is 5. The third-order valence-electron chi connectivity index (χ3n) is 5.05. The number of nitrogens with zero attached hydrogens (tertiary/aromatic N) is 1. The Morgan fingerprint density at radius 1 is 1.19 bits per heavy atom. The van der Waals surface area contributed by atoms with Crippen LogP contribution in [0.4, 0.5) is 13.2 Å². The summed E-state index contributed by atoms with van der Waals surface area (Å²) in [5.74, 6) is -0.0998. The first-order valence-electron chi connectivity index (χ1n) is 10.1. The zero-order valence-corrected chi connectivity index (χ0v) is 18.2. The molecule has 2 aromatic rings. The summed E-state index contributed by atoms with van der Waals surface area (Å²) in [6.07, 6.45) is -2.83. The standard InChI is InChI=1S/C21H24F3N2O5P/c1-2-4-19(20(27)25-28)26-13-3-14-30-32(26,29)18-11-9-17(10-12-18)31-16-7-5-15(6-8-16)21(22,23)24/h5-12,19,28H,2-4,13-14H2,1H3,(H,25,27)/t19-,32?/m1/s1. The molecule has 1 heterocycles. The monoisotopic (exact) mass is 472 g/mol. The summed E-state index contributed by atoms with van der Waals surface area (Å²) in [4.78, 5) is 12.2. The number of nitrogens with one attached hydrogen (secondary N) is 1. The molecule has 11 heteroatoms. The fourth-order valence-electron chi connectivity index (χ4n) is 3.50. The van der Waals surface area contributed by atoms with Gasteiger partial charge in [-0.2, -0.15) is 13.2 Å². The summed E-state index contributed by atoms with van der Waals surface area (Å²) >= 11 is 0. The Bertz CT molecular complexity index is 967. The average Bonchev–Trinajstić information content (AvgIpc) is 2.78. The van der Waals surface area contributed by atoms with Crippen LogP contribution < -0.4 is 15.5 Å². The minimum Gasteiger partial charge on any atom is -0.457 e. The highest BCUT2D eigenvalue weighted by molar-refractivity contribution is 7.64. The van der Waals surface area contributed by atoms with Crippen LogP contribution in [0.1, 0.15) is 31.7 Å². The SMILES string of the molecule is CCC[C@H](C(=O)NO)N1CCCOP1(=O)c1ccc(Oc2ccc(C(F)(F)F)cc2)cc1. The Balaban J connectivity index is 1.81. The molecule has 0 bridgehead atoms. The summed E-state index contributed by atoms with van der Waals surface area (Å²) < 4.78 is 64.6. The molecular formula is C21H24F3N2O5P. The Kier molecular flexibility index (Phi) is 7.61. The molecule has 0 aromatic heterocycles. The second kappa shape index (κ2) is 10.0. The van der Waals surface area contributed by atoms with Crippen molar-refractivity contribution >= 4 is 18.7 Å². The Hall–Kier alpha value is -2.39. The van der Waals surface area contributed by atoms with Crippen molar-refractivity contribution in [2.24, 2.45) is 0 Å². The lowest BCUT2D eigenvalue weighted by molar-refractivity contribution is -0.137. The molecular weight excluding hydrogens is 448 g/mol. The molecule has 1 amide bonds. The van der Waals surface area contributed by atoms with E-state index >= 15 is 0 Å². The first-order valence-corrected chi connectivity index (χ1v) is 11.7. The van der Waals surface area contributed by atoms with Crippen molar-refractivity contribution in [1.82, 2.24) is 10.2 Å². The minimum absolute atomic E-state index is 0.218. The van der Waals surface area contributed by atoms with Crippen LogP contribution in [0.3, 0.4) is 0 Å². The van der Waals surface area contributed by atoms with Gasteiger partial charge in [-0.05, 0) is 61.4 Å². The number of rotatable bonds is 7.